The van der Waals surface area contributed by atoms with Gasteiger partial charge in [0.1, 0.15) is 11.6 Å². The van der Waals surface area contributed by atoms with E-state index < -0.39 is 41.6 Å². The number of hydrogen-bond acceptors (Lipinski definition) is 6. The minimum atomic E-state index is -1.07. The molecule has 6 atom stereocenters. The first kappa shape index (κ1) is 24.7. The molecule has 2 bridgehead atoms. The Bertz CT molecular complexity index is 740. The first-order valence-corrected chi connectivity index (χ1v) is 12.0. The van der Waals surface area contributed by atoms with Crippen LogP contribution >= 0.6 is 0 Å². The summed E-state index contributed by atoms with van der Waals surface area (Å²) in [5.74, 6) is -2.48. The lowest BCUT2D eigenvalue weighted by Crippen LogP contribution is -2.59. The monoisotopic (exact) mass is 450 g/mol. The van der Waals surface area contributed by atoms with Crippen molar-refractivity contribution >= 4 is 17.8 Å². The molecule has 8 nitrogen and oxygen atoms in total. The molecule has 180 valence electrons. The average Bonchev–Trinajstić information content (AvgIpc) is 3.39. The molecule has 3 aliphatic heterocycles. The first-order chi connectivity index (χ1) is 15.3. The van der Waals surface area contributed by atoms with E-state index >= 15 is 0 Å². The number of carbonyl (C=O) groups excluding carboxylic acids is 3. The van der Waals surface area contributed by atoms with Crippen LogP contribution in [0, 0.1) is 17.8 Å². The number of ether oxygens (including phenoxy) is 2. The first-order valence-electron chi connectivity index (χ1n) is 12.0. The molecule has 8 heteroatoms. The molecular formula is C24H38N2O6. The fourth-order valence-corrected chi connectivity index (χ4v) is 5.82. The van der Waals surface area contributed by atoms with Crippen LogP contribution in [-0.2, 0) is 23.9 Å². The smallest absolute Gasteiger partial charge is 0.312 e. The standard InChI is InChI=1S/C24H38N2O6/c1-6-9-13-25(12-7-2)22(29)20-24-11-10-17(32-24)18(23(30)31-8-3)19(24)21(28)26(20)16(14-27)15(4)5/h7,15-20,27H,2,6,8-14H2,1,3-5H3/t16-,17-,18+,19+,20-,24+/m0/s1. The molecule has 0 aromatic heterocycles. The van der Waals surface area contributed by atoms with E-state index in [1.807, 2.05) is 13.8 Å². The summed E-state index contributed by atoms with van der Waals surface area (Å²) in [5, 5.41) is 10.2. The minimum Gasteiger partial charge on any atom is -0.466 e. The van der Waals surface area contributed by atoms with E-state index in [4.69, 9.17) is 9.47 Å². The van der Waals surface area contributed by atoms with E-state index in [1.54, 1.807) is 17.9 Å². The number of fused-ring (bicyclic) bond motifs is 1. The maximum Gasteiger partial charge on any atom is 0.312 e. The second-order valence-electron chi connectivity index (χ2n) is 9.47. The van der Waals surface area contributed by atoms with Crippen molar-refractivity contribution in [3.05, 3.63) is 12.7 Å². The maximum absolute atomic E-state index is 14.0. The van der Waals surface area contributed by atoms with E-state index in [2.05, 4.69) is 13.5 Å². The zero-order valence-electron chi connectivity index (χ0n) is 19.8. The number of amides is 2. The molecule has 0 radical (unpaired) electrons. The third-order valence-electron chi connectivity index (χ3n) is 7.29. The van der Waals surface area contributed by atoms with Gasteiger partial charge in [-0.3, -0.25) is 14.4 Å². The summed E-state index contributed by atoms with van der Waals surface area (Å²) < 4.78 is 11.7. The fraction of sp³-hybridized carbons (Fsp3) is 0.792. The molecule has 3 saturated heterocycles. The number of hydrogen-bond donors (Lipinski definition) is 1. The third kappa shape index (κ3) is 3.85. The highest BCUT2D eigenvalue weighted by Gasteiger charge is 2.75. The Kier molecular flexibility index (Phi) is 7.65. The van der Waals surface area contributed by atoms with Gasteiger partial charge in [0.25, 0.3) is 0 Å². The Hall–Kier alpha value is -1.93. The third-order valence-corrected chi connectivity index (χ3v) is 7.29. The van der Waals surface area contributed by atoms with E-state index in [1.165, 1.54) is 4.90 Å². The summed E-state index contributed by atoms with van der Waals surface area (Å²) in [7, 11) is 0. The molecule has 1 N–H and O–H groups in total. The van der Waals surface area contributed by atoms with Crippen LogP contribution in [0.1, 0.15) is 53.4 Å². The Balaban J connectivity index is 2.07. The van der Waals surface area contributed by atoms with Crippen molar-refractivity contribution in [2.45, 2.75) is 77.2 Å². The van der Waals surface area contributed by atoms with Crippen molar-refractivity contribution in [1.29, 1.82) is 0 Å². The molecule has 2 amide bonds. The quantitative estimate of drug-likeness (QED) is 0.381. The van der Waals surface area contributed by atoms with Gasteiger partial charge in [-0.1, -0.05) is 33.3 Å². The molecule has 0 unspecified atom stereocenters. The number of rotatable bonds is 11. The van der Waals surface area contributed by atoms with Gasteiger partial charge in [0.05, 0.1) is 37.2 Å². The largest absolute Gasteiger partial charge is 0.466 e. The van der Waals surface area contributed by atoms with Crippen LogP contribution in [0.4, 0.5) is 0 Å². The molecule has 3 rings (SSSR count). The van der Waals surface area contributed by atoms with Crippen molar-refractivity contribution in [2.75, 3.05) is 26.3 Å². The lowest BCUT2D eigenvalue weighted by molar-refractivity contribution is -0.156. The highest BCUT2D eigenvalue weighted by Crippen LogP contribution is 2.59. The van der Waals surface area contributed by atoms with Crippen LogP contribution in [0.2, 0.25) is 0 Å². The molecular weight excluding hydrogens is 412 g/mol. The van der Waals surface area contributed by atoms with Crippen molar-refractivity contribution in [1.82, 2.24) is 9.80 Å². The Morgan fingerprint density at radius 2 is 2.12 bits per heavy atom. The number of unbranched alkanes of at least 4 members (excludes halogenated alkanes) is 1. The van der Waals surface area contributed by atoms with E-state index in [9.17, 15) is 19.5 Å². The zero-order valence-corrected chi connectivity index (χ0v) is 19.8. The van der Waals surface area contributed by atoms with Crippen LogP contribution in [0.15, 0.2) is 12.7 Å². The molecule has 0 aromatic rings. The predicted molar refractivity (Wildman–Crippen MR) is 118 cm³/mol. The summed E-state index contributed by atoms with van der Waals surface area (Å²) in [5.41, 5.74) is -1.07. The van der Waals surface area contributed by atoms with Crippen molar-refractivity contribution < 1.29 is 29.0 Å². The Labute approximate surface area is 190 Å². The maximum atomic E-state index is 14.0. The van der Waals surface area contributed by atoms with Crippen LogP contribution in [-0.4, -0.2) is 82.8 Å². The van der Waals surface area contributed by atoms with Crippen molar-refractivity contribution in [3.8, 4) is 0 Å². The summed E-state index contributed by atoms with van der Waals surface area (Å²) >= 11 is 0. The van der Waals surface area contributed by atoms with Crippen LogP contribution in [0.5, 0.6) is 0 Å². The lowest BCUT2D eigenvalue weighted by atomic mass is 9.70. The van der Waals surface area contributed by atoms with E-state index in [0.717, 1.165) is 12.8 Å². The number of aliphatic hydroxyl groups excluding tert-OH is 1. The van der Waals surface area contributed by atoms with Crippen molar-refractivity contribution in [2.24, 2.45) is 17.8 Å². The fourth-order valence-electron chi connectivity index (χ4n) is 5.82. The van der Waals surface area contributed by atoms with Crippen LogP contribution in [0.3, 0.4) is 0 Å². The summed E-state index contributed by atoms with van der Waals surface area (Å²) in [6.07, 6.45) is 4.16. The molecule has 0 aliphatic carbocycles. The normalized spacial score (nSPS) is 31.7. The van der Waals surface area contributed by atoms with Gasteiger partial charge in [-0.2, -0.15) is 0 Å². The molecule has 32 heavy (non-hydrogen) atoms. The van der Waals surface area contributed by atoms with Gasteiger partial charge < -0.3 is 24.4 Å². The summed E-state index contributed by atoms with van der Waals surface area (Å²) in [4.78, 5) is 43.9. The van der Waals surface area contributed by atoms with Gasteiger partial charge in [0, 0.05) is 13.1 Å². The highest BCUT2D eigenvalue weighted by molar-refractivity contribution is 5.98. The van der Waals surface area contributed by atoms with E-state index in [0.29, 0.717) is 25.9 Å². The van der Waals surface area contributed by atoms with E-state index in [-0.39, 0.29) is 30.9 Å². The minimum absolute atomic E-state index is 0.0729. The average molecular weight is 451 g/mol. The van der Waals surface area contributed by atoms with Gasteiger partial charge in [-0.15, -0.1) is 6.58 Å². The van der Waals surface area contributed by atoms with Gasteiger partial charge >= 0.3 is 5.97 Å². The zero-order chi connectivity index (χ0) is 23.6. The molecule has 3 heterocycles. The number of esters is 1. The van der Waals surface area contributed by atoms with Gasteiger partial charge in [0.2, 0.25) is 11.8 Å². The second-order valence-corrected chi connectivity index (χ2v) is 9.47. The summed E-state index contributed by atoms with van der Waals surface area (Å²) in [6.45, 7) is 12.3. The SMILES string of the molecule is C=CCN(CCCC)C(=O)[C@@H]1N([C@@H](CO)C(C)C)C(=O)[C@H]2[C@H](C(=O)OCC)[C@@H]3CC[C@]12O3. The van der Waals surface area contributed by atoms with Gasteiger partial charge in [-0.25, -0.2) is 0 Å². The predicted octanol–water partition coefficient (Wildman–Crippen LogP) is 1.76. The number of aliphatic hydroxyl groups is 1. The number of carbonyl (C=O) groups is 3. The van der Waals surface area contributed by atoms with Gasteiger partial charge in [0.15, 0.2) is 0 Å². The lowest BCUT2D eigenvalue weighted by Gasteiger charge is -2.40. The van der Waals surface area contributed by atoms with Gasteiger partial charge in [-0.05, 0) is 32.1 Å². The van der Waals surface area contributed by atoms with Crippen LogP contribution < -0.4 is 0 Å². The topological polar surface area (TPSA) is 96.4 Å². The molecule has 3 fully saturated rings. The molecule has 0 saturated carbocycles. The summed E-state index contributed by atoms with van der Waals surface area (Å²) in [6, 6.07) is -1.42. The Morgan fingerprint density at radius 3 is 2.69 bits per heavy atom. The van der Waals surface area contributed by atoms with Crippen LogP contribution in [0.25, 0.3) is 0 Å². The highest BCUT2D eigenvalue weighted by atomic mass is 16.6. The second kappa shape index (κ2) is 9.91. The van der Waals surface area contributed by atoms with Crippen molar-refractivity contribution in [3.63, 3.8) is 0 Å². The molecule has 1 spiro atoms. The Morgan fingerprint density at radius 1 is 1.41 bits per heavy atom. The number of likely N-dealkylation sites (tertiary alicyclic amines) is 1. The number of nitrogens with zero attached hydrogens (tertiary/aromatic N) is 2. The molecule has 3 aliphatic rings. The molecule has 0 aromatic carbocycles.